The SMILES string of the molecule is CCCCCCCCC(=O)OCC(COC(=O)CCCCCCCC)CC(=O)OC[C@@H]1C[C@@H](OC(=O)CC(COC(=O)CCCCCCCC)COC(=O)CCCCCCCC)CN1C(=O)OCCNc1ccncc1. The molecule has 0 radical (unpaired) electrons. The van der Waals surface area contributed by atoms with Gasteiger partial charge in [-0.3, -0.25) is 38.7 Å². The number of ether oxygens (including phenoxy) is 7. The molecule has 1 N–H and O–H groups in total. The number of hydrogen-bond acceptors (Lipinski definition) is 16. The van der Waals surface area contributed by atoms with Gasteiger partial charge < -0.3 is 38.5 Å². The molecule has 76 heavy (non-hydrogen) atoms. The highest BCUT2D eigenvalue weighted by atomic mass is 16.6. The van der Waals surface area contributed by atoms with E-state index < -0.39 is 42.0 Å². The summed E-state index contributed by atoms with van der Waals surface area (Å²) in [5, 5.41) is 3.16. The first-order valence-electron chi connectivity index (χ1n) is 29.5. The van der Waals surface area contributed by atoms with Gasteiger partial charge in [-0.15, -0.1) is 0 Å². The molecule has 0 aromatic carbocycles. The van der Waals surface area contributed by atoms with E-state index in [-0.39, 0.29) is 115 Å². The Morgan fingerprint density at radius 1 is 0.500 bits per heavy atom. The van der Waals surface area contributed by atoms with E-state index in [0.29, 0.717) is 32.2 Å². The van der Waals surface area contributed by atoms with Crippen molar-refractivity contribution < 1.29 is 66.7 Å². The van der Waals surface area contributed by atoms with Crippen LogP contribution in [0.1, 0.15) is 227 Å². The Kier molecular flexibility index (Phi) is 39.8. The maximum atomic E-state index is 13.6. The number of carbonyl (C=O) groups is 7. The molecule has 2 rings (SSSR count). The second-order valence-corrected chi connectivity index (χ2v) is 20.6. The third-order valence-corrected chi connectivity index (χ3v) is 13.5. The van der Waals surface area contributed by atoms with Gasteiger partial charge >= 0.3 is 41.9 Å². The molecule has 2 atom stereocenters. The average Bonchev–Trinajstić information content (AvgIpc) is 3.82. The molecule has 0 aliphatic carbocycles. The van der Waals surface area contributed by atoms with Gasteiger partial charge in [-0.25, -0.2) is 4.79 Å². The minimum absolute atomic E-state index is 0.00227. The highest BCUT2D eigenvalue weighted by molar-refractivity contribution is 5.73. The van der Waals surface area contributed by atoms with Crippen LogP contribution in [0.4, 0.5) is 10.5 Å². The Morgan fingerprint density at radius 2 is 0.882 bits per heavy atom. The van der Waals surface area contributed by atoms with Crippen molar-refractivity contribution in [3.63, 3.8) is 0 Å². The molecule has 1 aromatic heterocycles. The van der Waals surface area contributed by atoms with Crippen molar-refractivity contribution in [2.24, 2.45) is 11.8 Å². The Balaban J connectivity index is 2.13. The fraction of sp³-hybridized carbons (Fsp3) is 0.797. The van der Waals surface area contributed by atoms with E-state index in [1.54, 1.807) is 24.5 Å². The second kappa shape index (κ2) is 45.1. The number of nitrogens with one attached hydrogen (secondary N) is 1. The van der Waals surface area contributed by atoms with Crippen LogP contribution in [0.3, 0.4) is 0 Å². The third kappa shape index (κ3) is 35.4. The molecular formula is C59H99N3O14. The maximum Gasteiger partial charge on any atom is 0.410 e. The summed E-state index contributed by atoms with van der Waals surface area (Å²) in [5.74, 6) is -4.16. The molecule has 0 saturated carbocycles. The van der Waals surface area contributed by atoms with Crippen LogP contribution in [-0.2, 0) is 61.9 Å². The van der Waals surface area contributed by atoms with Crippen molar-refractivity contribution in [1.82, 2.24) is 9.88 Å². The molecule has 0 unspecified atom stereocenters. The number of likely N-dealkylation sites (tertiary alicyclic amines) is 1. The van der Waals surface area contributed by atoms with E-state index >= 15 is 0 Å². The monoisotopic (exact) mass is 1070 g/mol. The van der Waals surface area contributed by atoms with E-state index in [1.807, 2.05) is 0 Å². The van der Waals surface area contributed by atoms with Crippen molar-refractivity contribution in [3.05, 3.63) is 24.5 Å². The summed E-state index contributed by atoms with van der Waals surface area (Å²) in [7, 11) is 0. The van der Waals surface area contributed by atoms with Gasteiger partial charge in [-0.2, -0.15) is 0 Å². The number of unbranched alkanes of at least 4 members (excludes halogenated alkanes) is 20. The lowest BCUT2D eigenvalue weighted by molar-refractivity contribution is -0.157. The average molecular weight is 1070 g/mol. The first kappa shape index (κ1) is 67.2. The predicted octanol–water partition coefficient (Wildman–Crippen LogP) is 12.3. The molecule has 17 nitrogen and oxygen atoms in total. The number of pyridine rings is 1. The van der Waals surface area contributed by atoms with Crippen molar-refractivity contribution in [2.75, 3.05) is 58.0 Å². The minimum Gasteiger partial charge on any atom is -0.465 e. The first-order valence-corrected chi connectivity index (χ1v) is 29.5. The minimum atomic E-state index is -0.810. The highest BCUT2D eigenvalue weighted by Crippen LogP contribution is 2.24. The smallest absolute Gasteiger partial charge is 0.410 e. The standard InChI is InChI=1S/C59H99N3O14/c1-5-9-13-17-21-25-29-53(63)71-43-48(44-72-54(64)30-26-22-18-14-10-6-2)39-57(67)75-47-51-41-52(42-62(51)59(69)70-38-37-61-50-33-35-60-36-34-50)76-58(68)40-49(45-73-55(65)31-27-23-19-15-11-7-3)46-74-56(66)32-28-24-20-16-12-8-4/h33-36,48-49,51-52H,5-32,37-47H2,1-4H3,(H,60,61)/t51-,52+/m0/s1. The number of anilines is 1. The van der Waals surface area contributed by atoms with Crippen LogP contribution in [0.25, 0.3) is 0 Å². The lowest BCUT2D eigenvalue weighted by Gasteiger charge is -2.24. The van der Waals surface area contributed by atoms with E-state index in [9.17, 15) is 33.6 Å². The van der Waals surface area contributed by atoms with Crippen molar-refractivity contribution in [1.29, 1.82) is 0 Å². The highest BCUT2D eigenvalue weighted by Gasteiger charge is 2.39. The van der Waals surface area contributed by atoms with Crippen molar-refractivity contribution >= 4 is 47.6 Å². The summed E-state index contributed by atoms with van der Waals surface area (Å²) in [6.07, 6.45) is 26.7. The first-order chi connectivity index (χ1) is 37.0. The Labute approximate surface area is 456 Å². The topological polar surface area (TPSA) is 212 Å². The zero-order chi connectivity index (χ0) is 55.3. The molecule has 2 heterocycles. The van der Waals surface area contributed by atoms with Gasteiger partial charge in [-0.1, -0.05) is 156 Å². The lowest BCUT2D eigenvalue weighted by atomic mass is 10.1. The lowest BCUT2D eigenvalue weighted by Crippen LogP contribution is -2.40. The van der Waals surface area contributed by atoms with Crippen molar-refractivity contribution in [2.45, 2.75) is 239 Å². The second-order valence-electron chi connectivity index (χ2n) is 20.6. The number of esters is 6. The number of nitrogens with zero attached hydrogens (tertiary/aromatic N) is 2. The van der Waals surface area contributed by atoms with Crippen LogP contribution in [0.2, 0.25) is 0 Å². The quantitative estimate of drug-likeness (QED) is 0.0365. The molecule has 1 saturated heterocycles. The molecular weight excluding hydrogens is 975 g/mol. The van der Waals surface area contributed by atoms with Gasteiger partial charge in [0.25, 0.3) is 0 Å². The zero-order valence-electron chi connectivity index (χ0n) is 47.3. The molecule has 0 bridgehead atoms. The fourth-order valence-corrected chi connectivity index (χ4v) is 8.84. The van der Waals surface area contributed by atoms with Crippen LogP contribution in [0.5, 0.6) is 0 Å². The summed E-state index contributed by atoms with van der Waals surface area (Å²) in [6.45, 7) is 8.03. The maximum absolute atomic E-state index is 13.6. The van der Waals surface area contributed by atoms with Gasteiger partial charge in [0.05, 0.1) is 51.9 Å². The number of amides is 1. The molecule has 1 amide bonds. The van der Waals surface area contributed by atoms with E-state index in [2.05, 4.69) is 38.0 Å². The Bertz CT molecular complexity index is 1650. The zero-order valence-corrected chi connectivity index (χ0v) is 47.3. The van der Waals surface area contributed by atoms with E-state index in [1.165, 1.54) is 4.90 Å². The summed E-state index contributed by atoms with van der Waals surface area (Å²) in [6, 6.07) is 2.82. The van der Waals surface area contributed by atoms with Crippen LogP contribution >= 0.6 is 0 Å². The van der Waals surface area contributed by atoms with Gasteiger partial charge in [-0.05, 0) is 37.8 Å². The van der Waals surface area contributed by atoms with Crippen LogP contribution in [0.15, 0.2) is 24.5 Å². The molecule has 0 spiro atoms. The molecule has 17 heteroatoms. The van der Waals surface area contributed by atoms with E-state index in [4.69, 9.17) is 33.2 Å². The Morgan fingerprint density at radius 3 is 1.29 bits per heavy atom. The molecule has 1 aromatic rings. The largest absolute Gasteiger partial charge is 0.465 e. The third-order valence-electron chi connectivity index (χ3n) is 13.5. The van der Waals surface area contributed by atoms with Crippen LogP contribution in [0, 0.1) is 11.8 Å². The number of aromatic nitrogens is 1. The van der Waals surface area contributed by atoms with Crippen LogP contribution in [-0.4, -0.2) is 117 Å². The van der Waals surface area contributed by atoms with E-state index in [0.717, 1.165) is 134 Å². The fourth-order valence-electron chi connectivity index (χ4n) is 8.84. The normalized spacial score (nSPS) is 14.1. The summed E-state index contributed by atoms with van der Waals surface area (Å²) < 4.78 is 39.7. The van der Waals surface area contributed by atoms with Gasteiger partial charge in [0.1, 0.15) is 19.3 Å². The molecule has 1 aliphatic heterocycles. The molecule has 1 fully saturated rings. The molecule has 434 valence electrons. The van der Waals surface area contributed by atoms with Gasteiger partial charge in [0.15, 0.2) is 0 Å². The van der Waals surface area contributed by atoms with Gasteiger partial charge in [0, 0.05) is 68.6 Å². The number of hydrogen-bond donors (Lipinski definition) is 1. The summed E-state index contributed by atoms with van der Waals surface area (Å²) >= 11 is 0. The molecule has 1 aliphatic rings. The van der Waals surface area contributed by atoms with Gasteiger partial charge in [0.2, 0.25) is 0 Å². The number of rotatable bonds is 47. The predicted molar refractivity (Wildman–Crippen MR) is 292 cm³/mol. The summed E-state index contributed by atoms with van der Waals surface area (Å²) in [4.78, 5) is 97.1. The Hall–Kier alpha value is -4.96. The summed E-state index contributed by atoms with van der Waals surface area (Å²) in [5.41, 5.74) is 0.792. The van der Waals surface area contributed by atoms with Crippen molar-refractivity contribution in [3.8, 4) is 0 Å². The number of carbonyl (C=O) groups excluding carboxylic acids is 7. The van der Waals surface area contributed by atoms with Crippen LogP contribution < -0.4 is 5.32 Å².